The van der Waals surface area contributed by atoms with Gasteiger partial charge in [-0.3, -0.25) is 14.9 Å². The first-order valence-corrected chi connectivity index (χ1v) is 10.4. The second-order valence-corrected chi connectivity index (χ2v) is 7.59. The molecule has 9 heteroatoms. The fraction of sp³-hybridized carbons (Fsp3) is 0.120. The van der Waals surface area contributed by atoms with E-state index in [1.54, 1.807) is 55.5 Å². The summed E-state index contributed by atoms with van der Waals surface area (Å²) in [6.45, 7) is 1.98. The third kappa shape index (κ3) is 5.91. The van der Waals surface area contributed by atoms with Crippen LogP contribution in [0.3, 0.4) is 0 Å². The van der Waals surface area contributed by atoms with E-state index in [1.165, 1.54) is 25.3 Å². The molecule has 34 heavy (non-hydrogen) atoms. The highest BCUT2D eigenvalue weighted by Gasteiger charge is 2.14. The largest absolute Gasteiger partial charge is 0.493 e. The summed E-state index contributed by atoms with van der Waals surface area (Å²) in [7, 11) is 1.47. The first kappa shape index (κ1) is 24.3. The van der Waals surface area contributed by atoms with Gasteiger partial charge in [0.2, 0.25) is 0 Å². The molecule has 8 nitrogen and oxygen atoms in total. The number of amides is 1. The Morgan fingerprint density at radius 1 is 1.18 bits per heavy atom. The number of para-hydroxylation sites is 1. The van der Waals surface area contributed by atoms with Crippen LogP contribution < -0.4 is 14.8 Å². The minimum Gasteiger partial charge on any atom is -0.493 e. The molecule has 0 saturated carbocycles. The van der Waals surface area contributed by atoms with Crippen LogP contribution in [0.15, 0.2) is 66.2 Å². The molecule has 3 aromatic rings. The Hall–Kier alpha value is -4.35. The molecular weight excluding hydrogens is 458 g/mol. The van der Waals surface area contributed by atoms with Crippen molar-refractivity contribution in [2.24, 2.45) is 0 Å². The zero-order valence-corrected chi connectivity index (χ0v) is 19.1. The van der Waals surface area contributed by atoms with Gasteiger partial charge >= 0.3 is 0 Å². The summed E-state index contributed by atoms with van der Waals surface area (Å²) in [4.78, 5) is 22.9. The van der Waals surface area contributed by atoms with E-state index in [0.29, 0.717) is 27.8 Å². The summed E-state index contributed by atoms with van der Waals surface area (Å²) < 4.78 is 11.2. The van der Waals surface area contributed by atoms with Crippen molar-refractivity contribution in [2.75, 3.05) is 12.4 Å². The number of hydrogen-bond donors (Lipinski definition) is 1. The molecule has 1 N–H and O–H groups in total. The molecule has 0 aromatic heterocycles. The maximum Gasteiger partial charge on any atom is 0.269 e. The number of nitrogens with one attached hydrogen (secondary N) is 1. The van der Waals surface area contributed by atoms with Crippen molar-refractivity contribution in [2.45, 2.75) is 13.5 Å². The van der Waals surface area contributed by atoms with Crippen LogP contribution in [0.25, 0.3) is 6.08 Å². The first-order valence-electron chi connectivity index (χ1n) is 10.0. The lowest BCUT2D eigenvalue weighted by Crippen LogP contribution is -2.14. The van der Waals surface area contributed by atoms with Gasteiger partial charge in [-0.15, -0.1) is 0 Å². The normalized spacial score (nSPS) is 10.8. The van der Waals surface area contributed by atoms with Crippen molar-refractivity contribution in [1.82, 2.24) is 0 Å². The fourth-order valence-corrected chi connectivity index (χ4v) is 3.32. The smallest absolute Gasteiger partial charge is 0.269 e. The van der Waals surface area contributed by atoms with Gasteiger partial charge in [-0.1, -0.05) is 29.8 Å². The molecule has 1 amide bonds. The van der Waals surface area contributed by atoms with Crippen LogP contribution in [0.5, 0.6) is 11.5 Å². The number of halogens is 1. The van der Waals surface area contributed by atoms with E-state index in [9.17, 15) is 20.2 Å². The summed E-state index contributed by atoms with van der Waals surface area (Å²) >= 11 is 6.16. The van der Waals surface area contributed by atoms with Crippen molar-refractivity contribution in [3.8, 4) is 17.6 Å². The SMILES string of the molecule is COc1cc(/C=C(\C#N)C(=O)Nc2c(C)cccc2Cl)ccc1OCc1ccc([N+](=O)[O-])cc1. The summed E-state index contributed by atoms with van der Waals surface area (Å²) in [5, 5.41) is 23.3. The number of nitro groups is 1. The van der Waals surface area contributed by atoms with Gasteiger partial charge in [-0.05, 0) is 60.0 Å². The molecule has 0 aliphatic heterocycles. The Kier molecular flexibility index (Phi) is 7.85. The minimum atomic E-state index is -0.587. The van der Waals surface area contributed by atoms with Crippen LogP contribution in [0, 0.1) is 28.4 Å². The van der Waals surface area contributed by atoms with E-state index in [2.05, 4.69) is 5.32 Å². The molecule has 0 aliphatic rings. The van der Waals surface area contributed by atoms with Crippen LogP contribution in [-0.2, 0) is 11.4 Å². The minimum absolute atomic E-state index is 0.000462. The summed E-state index contributed by atoms with van der Waals surface area (Å²) in [6.07, 6.45) is 1.43. The number of hydrogen-bond acceptors (Lipinski definition) is 6. The van der Waals surface area contributed by atoms with Gasteiger partial charge in [0, 0.05) is 12.1 Å². The number of carbonyl (C=O) groups is 1. The molecular formula is C25H20ClN3O5. The van der Waals surface area contributed by atoms with Crippen molar-refractivity contribution in [3.05, 3.63) is 98.1 Å². The van der Waals surface area contributed by atoms with Gasteiger partial charge in [0.25, 0.3) is 11.6 Å². The van der Waals surface area contributed by atoms with Crippen LogP contribution in [-0.4, -0.2) is 17.9 Å². The van der Waals surface area contributed by atoms with E-state index in [1.807, 2.05) is 6.07 Å². The molecule has 0 atom stereocenters. The molecule has 0 aliphatic carbocycles. The highest BCUT2D eigenvalue weighted by molar-refractivity contribution is 6.34. The lowest BCUT2D eigenvalue weighted by Gasteiger charge is -2.12. The third-order valence-corrected chi connectivity index (χ3v) is 5.18. The number of carbonyl (C=O) groups excluding carboxylic acids is 1. The van der Waals surface area contributed by atoms with Gasteiger partial charge < -0.3 is 14.8 Å². The number of nitro benzene ring substituents is 1. The van der Waals surface area contributed by atoms with E-state index in [-0.39, 0.29) is 17.9 Å². The number of rotatable bonds is 8. The zero-order valence-electron chi connectivity index (χ0n) is 18.4. The van der Waals surface area contributed by atoms with Crippen molar-refractivity contribution in [3.63, 3.8) is 0 Å². The molecule has 0 fully saturated rings. The first-order chi connectivity index (χ1) is 16.3. The summed E-state index contributed by atoms with van der Waals surface area (Å²) in [5.74, 6) is 0.249. The van der Waals surface area contributed by atoms with Gasteiger partial charge in [0.15, 0.2) is 11.5 Å². The van der Waals surface area contributed by atoms with E-state index in [4.69, 9.17) is 21.1 Å². The number of benzene rings is 3. The molecule has 0 unspecified atom stereocenters. The predicted octanol–water partition coefficient (Wildman–Crippen LogP) is 5.69. The maximum atomic E-state index is 12.6. The quantitative estimate of drug-likeness (QED) is 0.193. The average Bonchev–Trinajstić information content (AvgIpc) is 2.83. The van der Waals surface area contributed by atoms with Crippen molar-refractivity contribution < 1.29 is 19.2 Å². The standard InChI is InChI=1S/C25H20ClN3O5/c1-16-4-3-5-21(26)24(16)28-25(30)19(14-27)12-18-8-11-22(23(13-18)33-2)34-15-17-6-9-20(10-7-17)29(31)32/h3-13H,15H2,1-2H3,(H,28,30)/b19-12+. The summed E-state index contributed by atoms with van der Waals surface area (Å²) in [5.41, 5.74) is 2.41. The fourth-order valence-electron chi connectivity index (χ4n) is 3.05. The topological polar surface area (TPSA) is 114 Å². The highest BCUT2D eigenvalue weighted by Crippen LogP contribution is 2.30. The third-order valence-electron chi connectivity index (χ3n) is 4.87. The monoisotopic (exact) mass is 477 g/mol. The number of nitriles is 1. The van der Waals surface area contributed by atoms with Crippen molar-refractivity contribution in [1.29, 1.82) is 5.26 Å². The number of methoxy groups -OCH3 is 1. The molecule has 0 heterocycles. The Bertz CT molecular complexity index is 1280. The van der Waals surface area contributed by atoms with Gasteiger partial charge in [0.05, 0.1) is 22.7 Å². The van der Waals surface area contributed by atoms with E-state index in [0.717, 1.165) is 11.1 Å². The average molecular weight is 478 g/mol. The Morgan fingerprint density at radius 3 is 2.53 bits per heavy atom. The maximum absolute atomic E-state index is 12.6. The van der Waals surface area contributed by atoms with Crippen LogP contribution in [0.2, 0.25) is 5.02 Å². The van der Waals surface area contributed by atoms with Crippen LogP contribution in [0.4, 0.5) is 11.4 Å². The lowest BCUT2D eigenvalue weighted by atomic mass is 10.1. The molecule has 172 valence electrons. The number of anilines is 1. The molecule has 0 bridgehead atoms. The lowest BCUT2D eigenvalue weighted by molar-refractivity contribution is -0.384. The number of ether oxygens (including phenoxy) is 2. The van der Waals surface area contributed by atoms with E-state index >= 15 is 0 Å². The van der Waals surface area contributed by atoms with Crippen LogP contribution >= 0.6 is 11.6 Å². The van der Waals surface area contributed by atoms with Gasteiger partial charge in [-0.25, -0.2) is 0 Å². The van der Waals surface area contributed by atoms with Crippen molar-refractivity contribution >= 4 is 35.0 Å². The number of aryl methyl sites for hydroxylation is 1. The Balaban J connectivity index is 1.75. The predicted molar refractivity (Wildman–Crippen MR) is 129 cm³/mol. The number of nitrogens with zero attached hydrogens (tertiary/aromatic N) is 2. The summed E-state index contributed by atoms with van der Waals surface area (Å²) in [6, 6.07) is 18.1. The molecule has 0 saturated heterocycles. The second-order valence-electron chi connectivity index (χ2n) is 7.18. The molecule has 3 rings (SSSR count). The number of non-ortho nitro benzene ring substituents is 1. The van der Waals surface area contributed by atoms with E-state index < -0.39 is 10.8 Å². The zero-order chi connectivity index (χ0) is 24.7. The Labute approximate surface area is 201 Å². The molecule has 3 aromatic carbocycles. The highest BCUT2D eigenvalue weighted by atomic mass is 35.5. The van der Waals surface area contributed by atoms with Crippen LogP contribution in [0.1, 0.15) is 16.7 Å². The second kappa shape index (κ2) is 11.0. The Morgan fingerprint density at radius 2 is 1.91 bits per heavy atom. The van der Waals surface area contributed by atoms with Gasteiger partial charge in [-0.2, -0.15) is 5.26 Å². The molecule has 0 radical (unpaired) electrons. The van der Waals surface area contributed by atoms with Gasteiger partial charge in [0.1, 0.15) is 18.2 Å². The molecule has 0 spiro atoms.